The van der Waals surface area contributed by atoms with Crippen molar-refractivity contribution in [3.05, 3.63) is 70.2 Å². The minimum absolute atomic E-state index is 0.336. The SMILES string of the molecule is NC(=O)c1ccc(NC(=O)COC(=O)/C=C/c2ccc(Br)cc2)cc1. The van der Waals surface area contributed by atoms with Crippen LogP contribution in [0.1, 0.15) is 15.9 Å². The van der Waals surface area contributed by atoms with Crippen molar-refractivity contribution < 1.29 is 19.1 Å². The Labute approximate surface area is 152 Å². The lowest BCUT2D eigenvalue weighted by Gasteiger charge is -2.05. The first kappa shape index (κ1) is 18.4. The summed E-state index contributed by atoms with van der Waals surface area (Å²) in [5.74, 6) is -1.66. The van der Waals surface area contributed by atoms with E-state index in [0.717, 1.165) is 10.0 Å². The fraction of sp³-hybridized carbons (Fsp3) is 0.0556. The van der Waals surface area contributed by atoms with E-state index in [2.05, 4.69) is 21.2 Å². The van der Waals surface area contributed by atoms with Gasteiger partial charge in [0.2, 0.25) is 5.91 Å². The first-order valence-corrected chi connectivity index (χ1v) is 8.03. The van der Waals surface area contributed by atoms with Crippen LogP contribution in [0.4, 0.5) is 5.69 Å². The van der Waals surface area contributed by atoms with E-state index in [1.807, 2.05) is 24.3 Å². The summed E-state index contributed by atoms with van der Waals surface area (Å²) in [6.45, 7) is -0.416. The maximum absolute atomic E-state index is 11.7. The standard InChI is InChI=1S/C18H15BrN2O4/c19-14-6-1-12(2-7-14)3-10-17(23)25-11-16(22)21-15-8-4-13(5-9-15)18(20)24/h1-10H,11H2,(H2,20,24)(H,21,22)/b10-3+. The van der Waals surface area contributed by atoms with E-state index in [0.29, 0.717) is 11.3 Å². The lowest BCUT2D eigenvalue weighted by atomic mass is 10.2. The molecule has 0 atom stereocenters. The molecule has 0 saturated carbocycles. The number of primary amides is 1. The van der Waals surface area contributed by atoms with E-state index in [1.165, 1.54) is 30.3 Å². The van der Waals surface area contributed by atoms with Crippen molar-refractivity contribution in [2.45, 2.75) is 0 Å². The molecule has 0 aliphatic rings. The summed E-state index contributed by atoms with van der Waals surface area (Å²) in [6.07, 6.45) is 2.84. The summed E-state index contributed by atoms with van der Waals surface area (Å²) < 4.78 is 5.80. The molecule has 0 aliphatic carbocycles. The van der Waals surface area contributed by atoms with E-state index < -0.39 is 24.4 Å². The number of carbonyl (C=O) groups is 3. The largest absolute Gasteiger partial charge is 0.452 e. The Balaban J connectivity index is 1.79. The number of nitrogens with one attached hydrogen (secondary N) is 1. The lowest BCUT2D eigenvalue weighted by Crippen LogP contribution is -2.20. The maximum atomic E-state index is 11.7. The van der Waals surface area contributed by atoms with Gasteiger partial charge in [-0.1, -0.05) is 28.1 Å². The quantitative estimate of drug-likeness (QED) is 0.573. The number of esters is 1. The highest BCUT2D eigenvalue weighted by Gasteiger charge is 2.06. The zero-order valence-corrected chi connectivity index (χ0v) is 14.7. The van der Waals surface area contributed by atoms with E-state index >= 15 is 0 Å². The number of halogens is 1. The van der Waals surface area contributed by atoms with Gasteiger partial charge in [-0.05, 0) is 48.0 Å². The van der Waals surface area contributed by atoms with Gasteiger partial charge >= 0.3 is 5.97 Å². The molecular weight excluding hydrogens is 388 g/mol. The number of carbonyl (C=O) groups excluding carboxylic acids is 3. The van der Waals surface area contributed by atoms with E-state index in [-0.39, 0.29) is 0 Å². The Bertz CT molecular complexity index is 799. The summed E-state index contributed by atoms with van der Waals surface area (Å²) in [6, 6.07) is 13.4. The highest BCUT2D eigenvalue weighted by Crippen LogP contribution is 2.11. The summed E-state index contributed by atoms with van der Waals surface area (Å²) in [5.41, 5.74) is 6.77. The maximum Gasteiger partial charge on any atom is 0.331 e. The van der Waals surface area contributed by atoms with Gasteiger partial charge in [0.25, 0.3) is 5.91 Å². The van der Waals surface area contributed by atoms with Crippen LogP contribution in [0, 0.1) is 0 Å². The van der Waals surface area contributed by atoms with Gasteiger partial charge in [-0.15, -0.1) is 0 Å². The highest BCUT2D eigenvalue weighted by molar-refractivity contribution is 9.10. The zero-order valence-electron chi connectivity index (χ0n) is 13.1. The fourth-order valence-corrected chi connectivity index (χ4v) is 2.10. The molecule has 6 nitrogen and oxygen atoms in total. The number of hydrogen-bond donors (Lipinski definition) is 2. The van der Waals surface area contributed by atoms with Crippen LogP contribution >= 0.6 is 15.9 Å². The predicted molar refractivity (Wildman–Crippen MR) is 97.7 cm³/mol. The smallest absolute Gasteiger partial charge is 0.331 e. The van der Waals surface area contributed by atoms with Crippen LogP contribution in [0.2, 0.25) is 0 Å². The normalized spacial score (nSPS) is 10.4. The van der Waals surface area contributed by atoms with Gasteiger partial charge < -0.3 is 15.8 Å². The monoisotopic (exact) mass is 402 g/mol. The van der Waals surface area contributed by atoms with Gasteiger partial charge in [0, 0.05) is 21.8 Å². The summed E-state index contributed by atoms with van der Waals surface area (Å²) in [7, 11) is 0. The van der Waals surface area contributed by atoms with Gasteiger partial charge in [-0.2, -0.15) is 0 Å². The molecular formula is C18H15BrN2O4. The molecule has 2 aromatic rings. The number of rotatable bonds is 6. The van der Waals surface area contributed by atoms with Gasteiger partial charge in [-0.25, -0.2) is 4.79 Å². The number of nitrogens with two attached hydrogens (primary N) is 1. The number of hydrogen-bond acceptors (Lipinski definition) is 4. The third-order valence-corrected chi connectivity index (χ3v) is 3.61. The van der Waals surface area contributed by atoms with Crippen LogP contribution in [-0.4, -0.2) is 24.4 Å². The molecule has 0 spiro atoms. The van der Waals surface area contributed by atoms with Crippen molar-refractivity contribution in [1.29, 1.82) is 0 Å². The van der Waals surface area contributed by atoms with Crippen molar-refractivity contribution in [3.63, 3.8) is 0 Å². The molecule has 0 fully saturated rings. The van der Waals surface area contributed by atoms with Crippen molar-refractivity contribution in [2.24, 2.45) is 5.73 Å². The van der Waals surface area contributed by atoms with Crippen LogP contribution in [0.3, 0.4) is 0 Å². The molecule has 2 rings (SSSR count). The molecule has 2 amide bonds. The van der Waals surface area contributed by atoms with Crippen molar-refractivity contribution >= 4 is 45.5 Å². The molecule has 0 radical (unpaired) electrons. The van der Waals surface area contributed by atoms with Gasteiger partial charge in [0.1, 0.15) is 0 Å². The van der Waals surface area contributed by atoms with E-state index in [9.17, 15) is 14.4 Å². The van der Waals surface area contributed by atoms with Gasteiger partial charge in [0.05, 0.1) is 0 Å². The molecule has 0 saturated heterocycles. The van der Waals surface area contributed by atoms with Crippen LogP contribution < -0.4 is 11.1 Å². The molecule has 7 heteroatoms. The summed E-state index contributed by atoms with van der Waals surface area (Å²) in [5, 5.41) is 2.55. The first-order chi connectivity index (χ1) is 11.9. The van der Waals surface area contributed by atoms with E-state index in [1.54, 1.807) is 6.08 Å². The molecule has 0 bridgehead atoms. The average molecular weight is 403 g/mol. The highest BCUT2D eigenvalue weighted by atomic mass is 79.9. The van der Waals surface area contributed by atoms with Crippen molar-refractivity contribution in [1.82, 2.24) is 0 Å². The molecule has 25 heavy (non-hydrogen) atoms. The Morgan fingerprint density at radius 2 is 1.68 bits per heavy atom. The van der Waals surface area contributed by atoms with Crippen LogP contribution in [0.15, 0.2) is 59.1 Å². The second-order valence-corrected chi connectivity index (χ2v) is 5.90. The van der Waals surface area contributed by atoms with Crippen LogP contribution in [-0.2, 0) is 14.3 Å². The van der Waals surface area contributed by atoms with Crippen molar-refractivity contribution in [3.8, 4) is 0 Å². The fourth-order valence-electron chi connectivity index (χ4n) is 1.84. The number of amides is 2. The average Bonchev–Trinajstić information content (AvgIpc) is 2.60. The predicted octanol–water partition coefficient (Wildman–Crippen LogP) is 2.74. The van der Waals surface area contributed by atoms with Gasteiger partial charge in [-0.3, -0.25) is 9.59 Å². The van der Waals surface area contributed by atoms with Crippen LogP contribution in [0.25, 0.3) is 6.08 Å². The number of ether oxygens (including phenoxy) is 1. The lowest BCUT2D eigenvalue weighted by molar-refractivity contribution is -0.142. The minimum atomic E-state index is -0.623. The number of benzene rings is 2. The summed E-state index contributed by atoms with van der Waals surface area (Å²) in [4.78, 5) is 34.3. The zero-order chi connectivity index (χ0) is 18.2. The van der Waals surface area contributed by atoms with E-state index in [4.69, 9.17) is 10.5 Å². The molecule has 128 valence electrons. The Kier molecular flexibility index (Phi) is 6.47. The second-order valence-electron chi connectivity index (χ2n) is 4.98. The first-order valence-electron chi connectivity index (χ1n) is 7.24. The number of anilines is 1. The third-order valence-electron chi connectivity index (χ3n) is 3.08. The summed E-state index contributed by atoms with van der Waals surface area (Å²) >= 11 is 3.32. The third kappa shape index (κ3) is 6.23. The van der Waals surface area contributed by atoms with Gasteiger partial charge in [0.15, 0.2) is 6.61 Å². The molecule has 3 N–H and O–H groups in total. The Morgan fingerprint density at radius 1 is 1.04 bits per heavy atom. The minimum Gasteiger partial charge on any atom is -0.452 e. The molecule has 2 aromatic carbocycles. The molecule has 0 heterocycles. The second kappa shape index (κ2) is 8.79. The Morgan fingerprint density at radius 3 is 2.28 bits per heavy atom. The molecule has 0 aliphatic heterocycles. The van der Waals surface area contributed by atoms with Crippen LogP contribution in [0.5, 0.6) is 0 Å². The molecule has 0 aromatic heterocycles. The molecule has 0 unspecified atom stereocenters. The topological polar surface area (TPSA) is 98.5 Å². The Hall–Kier alpha value is -2.93. The van der Waals surface area contributed by atoms with Crippen molar-refractivity contribution in [2.75, 3.05) is 11.9 Å².